The summed E-state index contributed by atoms with van der Waals surface area (Å²) < 4.78 is 11.3. The maximum atomic E-state index is 13.5. The van der Waals surface area contributed by atoms with E-state index >= 15 is 0 Å². The lowest BCUT2D eigenvalue weighted by Crippen LogP contribution is -2.58. The number of nitrogens with zero attached hydrogens (tertiary/aromatic N) is 3. The second-order valence-electron chi connectivity index (χ2n) is 9.54. The molecule has 9 heteroatoms. The van der Waals surface area contributed by atoms with Crippen LogP contribution >= 0.6 is 0 Å². The molecule has 0 spiro atoms. The number of aliphatic carboxylic acids is 1. The van der Waals surface area contributed by atoms with E-state index in [1.54, 1.807) is 31.9 Å². The zero-order chi connectivity index (χ0) is 27.3. The van der Waals surface area contributed by atoms with Gasteiger partial charge in [-0.25, -0.2) is 14.8 Å². The third kappa shape index (κ3) is 5.62. The molecule has 0 bridgehead atoms. The van der Waals surface area contributed by atoms with Crippen molar-refractivity contribution in [1.29, 1.82) is 0 Å². The van der Waals surface area contributed by atoms with Crippen LogP contribution in [0.2, 0.25) is 0 Å². The Kier molecular flexibility index (Phi) is 8.26. The van der Waals surface area contributed by atoms with E-state index in [2.05, 4.69) is 15.3 Å². The summed E-state index contributed by atoms with van der Waals surface area (Å²) in [4.78, 5) is 36.7. The van der Waals surface area contributed by atoms with Crippen LogP contribution in [0, 0.1) is 13.8 Å². The average Bonchev–Trinajstić information content (AvgIpc) is 3.01. The number of aromatic nitrogens is 2. The van der Waals surface area contributed by atoms with Crippen molar-refractivity contribution in [3.05, 3.63) is 77.1 Å². The van der Waals surface area contributed by atoms with Crippen molar-refractivity contribution >= 4 is 17.6 Å². The number of benzene rings is 2. The number of anilines is 1. The molecule has 0 fully saturated rings. The molecule has 2 heterocycles. The second-order valence-corrected chi connectivity index (χ2v) is 9.54. The summed E-state index contributed by atoms with van der Waals surface area (Å²) in [6, 6.07) is 16.8. The van der Waals surface area contributed by atoms with E-state index < -0.39 is 17.6 Å². The molecule has 38 heavy (non-hydrogen) atoms. The number of methoxy groups -OCH3 is 1. The highest BCUT2D eigenvalue weighted by Crippen LogP contribution is 2.41. The van der Waals surface area contributed by atoms with Gasteiger partial charge in [0.25, 0.3) is 0 Å². The van der Waals surface area contributed by atoms with Gasteiger partial charge in [0.15, 0.2) is 0 Å². The summed E-state index contributed by atoms with van der Waals surface area (Å²) in [5.74, 6) is -0.604. The average molecular weight is 519 g/mol. The van der Waals surface area contributed by atoms with Gasteiger partial charge < -0.3 is 19.5 Å². The Balaban J connectivity index is 1.82. The van der Waals surface area contributed by atoms with Crippen LogP contribution in [0.4, 0.5) is 5.69 Å². The molecule has 1 aliphatic rings. The smallest absolute Gasteiger partial charge is 0.347 e. The predicted molar refractivity (Wildman–Crippen MR) is 143 cm³/mol. The minimum Gasteiger partial charge on any atom is -0.497 e. The first-order valence-electron chi connectivity index (χ1n) is 12.8. The van der Waals surface area contributed by atoms with Crippen LogP contribution < -0.4 is 19.7 Å². The van der Waals surface area contributed by atoms with E-state index in [9.17, 15) is 14.7 Å². The second kappa shape index (κ2) is 11.6. The summed E-state index contributed by atoms with van der Waals surface area (Å²) in [6.45, 7) is 5.92. The Labute approximate surface area is 222 Å². The van der Waals surface area contributed by atoms with Gasteiger partial charge in [-0.05, 0) is 50.1 Å². The van der Waals surface area contributed by atoms with Crippen LogP contribution in [-0.2, 0) is 21.7 Å². The number of carboxylic acid groups (broad SMARTS) is 1. The number of para-hydroxylation sites is 1. The maximum Gasteiger partial charge on any atom is 0.347 e. The molecule has 2 N–H and O–H groups in total. The van der Waals surface area contributed by atoms with E-state index in [1.807, 2.05) is 55.5 Å². The molecule has 1 amide bonds. The first kappa shape index (κ1) is 27.1. The van der Waals surface area contributed by atoms with E-state index in [-0.39, 0.29) is 18.5 Å². The fourth-order valence-corrected chi connectivity index (χ4v) is 4.99. The number of fused-ring (bicyclic) bond motifs is 1. The van der Waals surface area contributed by atoms with Crippen LogP contribution in [0.5, 0.6) is 11.8 Å². The molecule has 0 saturated carbocycles. The third-order valence-corrected chi connectivity index (χ3v) is 6.81. The van der Waals surface area contributed by atoms with E-state index in [1.165, 1.54) is 0 Å². The number of carbonyl (C=O) groups excluding carboxylic acids is 1. The zero-order valence-electron chi connectivity index (χ0n) is 22.2. The number of ether oxygens (including phenoxy) is 2. The number of aryl methyl sites for hydroxylation is 2. The van der Waals surface area contributed by atoms with Crippen molar-refractivity contribution in [3.63, 3.8) is 0 Å². The lowest BCUT2D eigenvalue weighted by Gasteiger charge is -2.39. The normalized spacial score (nSPS) is 17.9. The van der Waals surface area contributed by atoms with E-state index in [0.29, 0.717) is 35.6 Å². The molecule has 2 atom stereocenters. The van der Waals surface area contributed by atoms with Gasteiger partial charge in [0.05, 0.1) is 25.7 Å². The topological polar surface area (TPSA) is 114 Å². The van der Waals surface area contributed by atoms with E-state index in [4.69, 9.17) is 9.47 Å². The molecule has 0 aliphatic carbocycles. The number of amides is 1. The highest BCUT2D eigenvalue weighted by Gasteiger charge is 2.50. The summed E-state index contributed by atoms with van der Waals surface area (Å²) in [7, 11) is 1.61. The number of hydrogen-bond acceptors (Lipinski definition) is 7. The Bertz CT molecular complexity index is 1280. The highest BCUT2D eigenvalue weighted by molar-refractivity contribution is 5.97. The molecule has 4 rings (SSSR count). The molecular weight excluding hydrogens is 484 g/mol. The quantitative estimate of drug-likeness (QED) is 0.411. The van der Waals surface area contributed by atoms with Crippen LogP contribution in [0.1, 0.15) is 48.7 Å². The molecule has 0 radical (unpaired) electrons. The SMILES string of the molecule is CCCC[C@]1([C@H](Oc2nc(C)cc(C)n2)C(=O)O)NCC(=O)N(Cc2ccc(OC)cc2)c2ccccc21. The molecule has 0 unspecified atom stereocenters. The van der Waals surface area contributed by atoms with Crippen molar-refractivity contribution in [2.24, 2.45) is 0 Å². The number of carbonyl (C=O) groups is 2. The number of rotatable bonds is 10. The number of nitrogens with one attached hydrogen (secondary N) is 1. The van der Waals surface area contributed by atoms with Crippen LogP contribution in [0.15, 0.2) is 54.6 Å². The summed E-state index contributed by atoms with van der Waals surface area (Å²) in [5, 5.41) is 13.8. The monoisotopic (exact) mass is 518 g/mol. The predicted octanol–water partition coefficient (Wildman–Crippen LogP) is 4.16. The number of hydrogen-bond donors (Lipinski definition) is 2. The summed E-state index contributed by atoms with van der Waals surface area (Å²) in [6.07, 6.45) is 0.604. The van der Waals surface area contributed by atoms with Gasteiger partial charge in [-0.2, -0.15) is 0 Å². The lowest BCUT2D eigenvalue weighted by molar-refractivity contribution is -0.151. The first-order chi connectivity index (χ1) is 18.3. The van der Waals surface area contributed by atoms with Crippen LogP contribution in [0.25, 0.3) is 0 Å². The number of carboxylic acids is 1. The molecule has 1 aliphatic heterocycles. The van der Waals surface area contributed by atoms with Gasteiger partial charge in [-0.1, -0.05) is 50.1 Å². The van der Waals surface area contributed by atoms with Gasteiger partial charge in [0.1, 0.15) is 5.75 Å². The molecule has 0 saturated heterocycles. The van der Waals surface area contributed by atoms with Crippen LogP contribution in [-0.4, -0.2) is 46.7 Å². The van der Waals surface area contributed by atoms with Gasteiger partial charge in [-0.3, -0.25) is 10.1 Å². The summed E-state index contributed by atoms with van der Waals surface area (Å²) in [5.41, 5.74) is 2.40. The lowest BCUT2D eigenvalue weighted by atomic mass is 9.79. The largest absolute Gasteiger partial charge is 0.497 e. The minimum atomic E-state index is -1.38. The van der Waals surface area contributed by atoms with Gasteiger partial charge in [0.2, 0.25) is 12.0 Å². The van der Waals surface area contributed by atoms with Gasteiger partial charge in [-0.15, -0.1) is 0 Å². The molecule has 9 nitrogen and oxygen atoms in total. The van der Waals surface area contributed by atoms with Crippen LogP contribution in [0.3, 0.4) is 0 Å². The van der Waals surface area contributed by atoms with Crippen molar-refractivity contribution in [3.8, 4) is 11.8 Å². The van der Waals surface area contributed by atoms with Crippen molar-refractivity contribution in [2.45, 2.75) is 58.2 Å². The van der Waals surface area contributed by atoms with E-state index in [0.717, 1.165) is 24.2 Å². The molecule has 3 aromatic rings. The molecule has 200 valence electrons. The fraction of sp³-hybridized carbons (Fsp3) is 0.379. The minimum absolute atomic E-state index is 0.00397. The molecule has 2 aromatic carbocycles. The van der Waals surface area contributed by atoms with Crippen molar-refractivity contribution in [2.75, 3.05) is 18.6 Å². The molecular formula is C29H34N4O5. The summed E-state index contributed by atoms with van der Waals surface area (Å²) >= 11 is 0. The zero-order valence-corrected chi connectivity index (χ0v) is 22.2. The molecule has 1 aromatic heterocycles. The third-order valence-electron chi connectivity index (χ3n) is 6.81. The fourth-order valence-electron chi connectivity index (χ4n) is 4.99. The Morgan fingerprint density at radius 2 is 1.82 bits per heavy atom. The van der Waals surface area contributed by atoms with Crippen molar-refractivity contribution < 1.29 is 24.2 Å². The van der Waals surface area contributed by atoms with Gasteiger partial charge in [0, 0.05) is 22.6 Å². The highest BCUT2D eigenvalue weighted by atomic mass is 16.5. The Morgan fingerprint density at radius 3 is 2.45 bits per heavy atom. The maximum absolute atomic E-state index is 13.5. The first-order valence-corrected chi connectivity index (χ1v) is 12.8. The Morgan fingerprint density at radius 1 is 1.13 bits per heavy atom. The Hall–Kier alpha value is -3.98. The van der Waals surface area contributed by atoms with Gasteiger partial charge >= 0.3 is 12.0 Å². The van der Waals surface area contributed by atoms with Crippen molar-refractivity contribution in [1.82, 2.24) is 15.3 Å². The number of unbranched alkanes of at least 4 members (excludes halogenated alkanes) is 1. The standard InChI is InChI=1S/C29H34N4O5/c1-5-6-15-29(26(27(35)36)38-28-31-19(2)16-20(3)32-28)23-9-7-8-10-24(23)33(25(34)17-30-29)18-21-11-13-22(37-4)14-12-21/h7-14,16,26,30H,5-6,15,17-18H2,1-4H3,(H,35,36)/t26-,29+/m1/s1.